The average Bonchev–Trinajstić information content (AvgIpc) is 4.13. The first-order chi connectivity index (χ1) is 34.3. The van der Waals surface area contributed by atoms with Gasteiger partial charge in [0.05, 0.1) is 60.7 Å². The van der Waals surface area contributed by atoms with E-state index in [1.165, 1.54) is 38.2 Å². The number of carbonyl (C=O) groups excluding carboxylic acids is 4. The summed E-state index contributed by atoms with van der Waals surface area (Å²) in [6, 6.07) is 12.4. The molecule has 6 atom stereocenters. The molecule has 1 spiro atoms. The molecule has 6 aromatic rings. The summed E-state index contributed by atoms with van der Waals surface area (Å²) in [7, 11) is 2.57. The molecule has 2 saturated heterocycles. The summed E-state index contributed by atoms with van der Waals surface area (Å²) < 4.78 is 15.7. The normalized spacial score (nSPS) is 21.8. The lowest BCUT2D eigenvalue weighted by Gasteiger charge is -2.32. The highest BCUT2D eigenvalue weighted by Gasteiger charge is 2.56. The molecule has 11 rings (SSSR count). The number of aromatic amines is 2. The van der Waals surface area contributed by atoms with Crippen molar-refractivity contribution in [3.05, 3.63) is 88.0 Å². The van der Waals surface area contributed by atoms with Crippen LogP contribution in [0.2, 0.25) is 0 Å². The van der Waals surface area contributed by atoms with Gasteiger partial charge in [-0.05, 0) is 126 Å². The number of imidazole rings is 1. The summed E-state index contributed by atoms with van der Waals surface area (Å²) in [6.07, 6.45) is 12.0. The van der Waals surface area contributed by atoms with Crippen molar-refractivity contribution in [1.82, 2.24) is 45.5 Å². The topological polar surface area (TPSA) is 218 Å². The van der Waals surface area contributed by atoms with Crippen LogP contribution in [0.1, 0.15) is 114 Å². The van der Waals surface area contributed by atoms with Crippen LogP contribution in [0.25, 0.3) is 55.4 Å². The third-order valence-electron chi connectivity index (χ3n) is 16.2. The lowest BCUT2D eigenvalue weighted by molar-refractivity contribution is -0.137. The first-order valence-corrected chi connectivity index (χ1v) is 25.2. The minimum absolute atomic E-state index is 0.0461. The molecule has 71 heavy (non-hydrogen) atoms. The number of amides is 4. The van der Waals surface area contributed by atoms with Crippen LogP contribution in [0.3, 0.4) is 0 Å². The van der Waals surface area contributed by atoms with Crippen LogP contribution in [-0.2, 0) is 31.9 Å². The van der Waals surface area contributed by atoms with E-state index in [9.17, 15) is 24.0 Å². The van der Waals surface area contributed by atoms with Crippen molar-refractivity contribution < 1.29 is 33.2 Å². The summed E-state index contributed by atoms with van der Waals surface area (Å²) >= 11 is 0. The molecule has 4 fully saturated rings. The molecule has 3 aliphatic carbocycles. The lowest BCUT2D eigenvalue weighted by Crippen LogP contribution is -2.52. The van der Waals surface area contributed by atoms with Gasteiger partial charge in [0.15, 0.2) is 5.58 Å². The number of ether oxygens (including phenoxy) is 2. The third-order valence-corrected chi connectivity index (χ3v) is 16.2. The molecule has 3 aromatic carbocycles. The van der Waals surface area contributed by atoms with Crippen molar-refractivity contribution in [2.45, 2.75) is 122 Å². The Balaban J connectivity index is 0.900. The van der Waals surface area contributed by atoms with Crippen LogP contribution in [0.4, 0.5) is 9.59 Å². The van der Waals surface area contributed by atoms with E-state index in [1.54, 1.807) is 17.3 Å². The maximum absolute atomic E-state index is 14.1. The Morgan fingerprint density at radius 3 is 2.15 bits per heavy atom. The highest BCUT2D eigenvalue weighted by atomic mass is 16.5. The fraction of sp³-hybridized carbons (Fsp3) is 0.481. The summed E-state index contributed by atoms with van der Waals surface area (Å²) in [5.74, 6) is 0.772. The van der Waals surface area contributed by atoms with Crippen LogP contribution in [-0.4, -0.2) is 97.8 Å². The Hall–Kier alpha value is -7.04. The van der Waals surface area contributed by atoms with Gasteiger partial charge in [-0.2, -0.15) is 0 Å². The van der Waals surface area contributed by atoms with Crippen LogP contribution >= 0.6 is 0 Å². The largest absolute Gasteiger partial charge is 0.453 e. The number of likely N-dealkylation sites (tertiary alicyclic amines) is 2. The molecule has 5 heterocycles. The van der Waals surface area contributed by atoms with Crippen LogP contribution in [0, 0.1) is 23.2 Å². The number of hydrogen-bond acceptors (Lipinski definition) is 11. The zero-order valence-corrected chi connectivity index (χ0v) is 41.1. The molecule has 0 radical (unpaired) electrons. The number of rotatable bonds is 11. The molecule has 17 nitrogen and oxygen atoms in total. The van der Waals surface area contributed by atoms with Crippen molar-refractivity contribution in [3.63, 3.8) is 0 Å². The molecule has 2 unspecified atom stereocenters. The molecule has 0 bridgehead atoms. The fourth-order valence-electron chi connectivity index (χ4n) is 12.5. The quantitative estimate of drug-likeness (QED) is 0.0965. The maximum atomic E-state index is 14.1. The number of nitrogens with one attached hydrogen (secondary N) is 4. The van der Waals surface area contributed by atoms with Crippen molar-refractivity contribution in [2.75, 3.05) is 20.8 Å². The minimum atomic E-state index is -0.772. The second-order valence-electron chi connectivity index (χ2n) is 21.2. The van der Waals surface area contributed by atoms with Gasteiger partial charge in [0.25, 0.3) is 5.56 Å². The molecule has 17 heteroatoms. The van der Waals surface area contributed by atoms with E-state index < -0.39 is 30.3 Å². The van der Waals surface area contributed by atoms with Gasteiger partial charge >= 0.3 is 12.2 Å². The summed E-state index contributed by atoms with van der Waals surface area (Å²) in [5.41, 5.74) is 9.49. The van der Waals surface area contributed by atoms with Gasteiger partial charge in [-0.25, -0.2) is 19.6 Å². The number of hydrogen-bond donors (Lipinski definition) is 4. The third kappa shape index (κ3) is 8.10. The predicted molar refractivity (Wildman–Crippen MR) is 265 cm³/mol. The molecule has 4 N–H and O–H groups in total. The van der Waals surface area contributed by atoms with Gasteiger partial charge in [-0.15, -0.1) is 0 Å². The van der Waals surface area contributed by atoms with Crippen LogP contribution in [0.15, 0.2) is 64.2 Å². The van der Waals surface area contributed by atoms with Crippen molar-refractivity contribution in [1.29, 1.82) is 0 Å². The number of methoxy groups -OCH3 is 2. The SMILES string of the molecule is COC(=O)N[C@H](C(=O)N1CCC[C@H]1c1ncc(-c2ccc(-c3ccc(-c4ccc5nc([C@@H]6CC7CC7N6C(=O)[C@@H](NC(=O)OC)C(C)C)[nH]c(=O)c5c4)c4c3CC3(CCCC3)C4)c3cnoc23)[nH]1)C(C)C. The second-order valence-corrected chi connectivity index (χ2v) is 21.2. The lowest BCUT2D eigenvalue weighted by atomic mass is 9.82. The average molecular weight is 964 g/mol. The maximum Gasteiger partial charge on any atom is 0.407 e. The van der Waals surface area contributed by atoms with Gasteiger partial charge in [0.2, 0.25) is 11.8 Å². The molecule has 4 amide bonds. The summed E-state index contributed by atoms with van der Waals surface area (Å²) in [5, 5.41) is 11.1. The number of fused-ring (bicyclic) bond motifs is 4. The Morgan fingerprint density at radius 1 is 0.761 bits per heavy atom. The first-order valence-electron chi connectivity index (χ1n) is 25.2. The van der Waals surface area contributed by atoms with E-state index in [0.29, 0.717) is 47.0 Å². The Bertz CT molecular complexity index is 3170. The van der Waals surface area contributed by atoms with Gasteiger partial charge in [-0.1, -0.05) is 70.0 Å². The van der Waals surface area contributed by atoms with E-state index in [4.69, 9.17) is 24.0 Å². The Kier molecular flexibility index (Phi) is 11.7. The Labute approximate surface area is 410 Å². The number of carbonyl (C=O) groups is 4. The minimum Gasteiger partial charge on any atom is -0.453 e. The molecule has 2 aliphatic heterocycles. The predicted octanol–water partition coefficient (Wildman–Crippen LogP) is 8.53. The highest BCUT2D eigenvalue weighted by Crippen LogP contribution is 2.55. The monoisotopic (exact) mass is 963 g/mol. The summed E-state index contributed by atoms with van der Waals surface area (Å²) in [4.78, 5) is 86.4. The number of benzene rings is 3. The fourth-order valence-corrected chi connectivity index (χ4v) is 12.5. The zero-order chi connectivity index (χ0) is 49.5. The zero-order valence-electron chi connectivity index (χ0n) is 41.1. The molecule has 3 aromatic heterocycles. The van der Waals surface area contributed by atoms with Crippen molar-refractivity contribution in [2.24, 2.45) is 23.2 Å². The van der Waals surface area contributed by atoms with E-state index in [0.717, 1.165) is 83.8 Å². The number of nitrogens with zero attached hydrogens (tertiary/aromatic N) is 5. The molecular weight excluding hydrogens is 903 g/mol. The van der Waals surface area contributed by atoms with E-state index in [-0.39, 0.29) is 46.7 Å². The molecule has 370 valence electrons. The first kappa shape index (κ1) is 46.3. The molecule has 2 saturated carbocycles. The number of piperidine rings is 1. The number of alkyl carbamates (subject to hydrolysis) is 2. The van der Waals surface area contributed by atoms with Crippen molar-refractivity contribution >= 4 is 45.9 Å². The number of H-pyrrole nitrogens is 2. The summed E-state index contributed by atoms with van der Waals surface area (Å²) in [6.45, 7) is 8.13. The molecule has 5 aliphatic rings. The Morgan fingerprint density at radius 2 is 1.44 bits per heavy atom. The van der Waals surface area contributed by atoms with Crippen molar-refractivity contribution in [3.8, 4) is 33.5 Å². The number of aromatic nitrogens is 5. The van der Waals surface area contributed by atoms with Gasteiger partial charge in [0, 0.05) is 18.2 Å². The standard InChI is InChI=1S/C54H61N9O8/c1-27(2)44(59-52(67)69-5)50(65)62-19-9-10-41(62)47-55-26-40(58-47)34-15-14-33(38-25-56-71-46(34)38)32-13-12-31(36-23-54(24-37(32)36)17-7-8-18-54)29-11-16-39-35(20-29)49(64)61-48(57-39)43-22-30-21-42(30)63(43)51(66)45(28(3)4)60-53(68)70-6/h11-16,20,25-28,30,41-45H,7-10,17-19,21-24H2,1-6H3,(H,55,58)(H,59,67)(H,60,68)(H,57,61,64)/t30?,41-,42?,43-,44-,45-/m0/s1. The van der Waals surface area contributed by atoms with Gasteiger partial charge in [-0.3, -0.25) is 14.4 Å². The molecular formula is C54H61N9O8. The van der Waals surface area contributed by atoms with Gasteiger partial charge < -0.3 is 44.4 Å². The smallest absolute Gasteiger partial charge is 0.407 e. The van der Waals surface area contributed by atoms with Crippen LogP contribution < -0.4 is 16.2 Å². The van der Waals surface area contributed by atoms with Crippen LogP contribution in [0.5, 0.6) is 0 Å². The van der Waals surface area contributed by atoms with E-state index in [1.807, 2.05) is 44.7 Å². The second kappa shape index (κ2) is 18.0. The highest BCUT2D eigenvalue weighted by molar-refractivity contribution is 6.02. The van der Waals surface area contributed by atoms with E-state index >= 15 is 0 Å². The van der Waals surface area contributed by atoms with Gasteiger partial charge in [0.1, 0.15) is 23.7 Å². The van der Waals surface area contributed by atoms with E-state index in [2.05, 4.69) is 56.1 Å².